The fourth-order valence-electron chi connectivity index (χ4n) is 5.67. The molecule has 0 radical (unpaired) electrons. The summed E-state index contributed by atoms with van der Waals surface area (Å²) in [5.74, 6) is 0. The van der Waals surface area contributed by atoms with E-state index < -0.39 is 0 Å². The molecule has 0 saturated heterocycles. The number of nitrogens with two attached hydrogens (primary N) is 1. The molecule has 0 saturated carbocycles. The summed E-state index contributed by atoms with van der Waals surface area (Å²) >= 11 is 0. The number of hydrogen-bond donors (Lipinski definition) is 1. The first-order valence-electron chi connectivity index (χ1n) is 11.8. The van der Waals surface area contributed by atoms with Gasteiger partial charge in [0.2, 0.25) is 0 Å². The second-order valence-electron chi connectivity index (χ2n) is 9.26. The highest BCUT2D eigenvalue weighted by Gasteiger charge is 2.31. The Bertz CT molecular complexity index is 1370. The zero-order valence-corrected chi connectivity index (χ0v) is 19.8. The van der Waals surface area contributed by atoms with Crippen LogP contribution in [-0.2, 0) is 12.3 Å². The van der Waals surface area contributed by atoms with Crippen molar-refractivity contribution in [2.24, 2.45) is 5.73 Å². The molecule has 1 aliphatic rings. The van der Waals surface area contributed by atoms with E-state index in [-0.39, 0.29) is 14.0 Å². The molecule has 0 aromatic heterocycles. The van der Waals surface area contributed by atoms with E-state index in [9.17, 15) is 0 Å². The number of hydrogen-bond acceptors (Lipinski definition) is 1. The summed E-state index contributed by atoms with van der Waals surface area (Å²) in [5.41, 5.74) is 14.2. The van der Waals surface area contributed by atoms with Gasteiger partial charge in [0.1, 0.15) is 0 Å². The topological polar surface area (TPSA) is 26.0 Å². The first-order chi connectivity index (χ1) is 16.2. The quantitative estimate of drug-likeness (QED) is 0.278. The third kappa shape index (κ3) is 3.57. The van der Waals surface area contributed by atoms with Crippen molar-refractivity contribution in [2.45, 2.75) is 30.9 Å². The van der Waals surface area contributed by atoms with Gasteiger partial charge in [0.15, 0.2) is 0 Å². The molecule has 0 amide bonds. The van der Waals surface area contributed by atoms with Crippen LogP contribution in [0.15, 0.2) is 103 Å². The Morgan fingerprint density at radius 2 is 1.09 bits per heavy atom. The first-order valence-corrected chi connectivity index (χ1v) is 13.5. The van der Waals surface area contributed by atoms with Crippen LogP contribution < -0.4 is 5.73 Å². The summed E-state index contributed by atoms with van der Waals surface area (Å²) in [5, 5.41) is 5.35. The fraction of sp³-hybridized carbons (Fsp3) is 0.161. The first kappa shape index (κ1) is 20.6. The van der Waals surface area contributed by atoms with Crippen molar-refractivity contribution in [1.82, 2.24) is 0 Å². The number of rotatable bonds is 3. The van der Waals surface area contributed by atoms with E-state index in [1.807, 2.05) is 0 Å². The Morgan fingerprint density at radius 1 is 0.606 bits per heavy atom. The van der Waals surface area contributed by atoms with Gasteiger partial charge >= 0.3 is 0 Å². The molecule has 0 fully saturated rings. The molecule has 5 aromatic rings. The van der Waals surface area contributed by atoms with E-state index in [2.05, 4.69) is 110 Å². The van der Waals surface area contributed by atoms with Crippen molar-refractivity contribution >= 4 is 29.5 Å². The molecule has 0 bridgehead atoms. The number of fused-ring (bicyclic) bond motifs is 7. The lowest BCUT2D eigenvalue weighted by atomic mass is 9.88. The summed E-state index contributed by atoms with van der Waals surface area (Å²) in [7, 11) is -0.386. The van der Waals surface area contributed by atoms with Gasteiger partial charge in [0.05, 0.1) is 0 Å². The smallest absolute Gasteiger partial charge is 0.0197 e. The highest BCUT2D eigenvalue weighted by molar-refractivity contribution is 7.56. The summed E-state index contributed by atoms with van der Waals surface area (Å²) in [6, 6.07) is 38.2. The minimum Gasteiger partial charge on any atom is -0.327 e. The normalized spacial score (nSPS) is 15.6. The molecule has 1 aliphatic heterocycles. The van der Waals surface area contributed by atoms with Crippen molar-refractivity contribution in [2.75, 3.05) is 0 Å². The second-order valence-corrected chi connectivity index (χ2v) is 11.6. The van der Waals surface area contributed by atoms with Gasteiger partial charge in [-0.3, -0.25) is 0 Å². The Hall–Kier alpha value is -2.99. The van der Waals surface area contributed by atoms with Gasteiger partial charge in [-0.15, -0.1) is 0 Å². The van der Waals surface area contributed by atoms with Gasteiger partial charge < -0.3 is 5.73 Å². The zero-order chi connectivity index (χ0) is 22.4. The van der Waals surface area contributed by atoms with Crippen LogP contribution in [0.1, 0.15) is 29.3 Å². The summed E-state index contributed by atoms with van der Waals surface area (Å²) < 4.78 is 0. The van der Waals surface area contributed by atoms with Crippen LogP contribution in [0, 0.1) is 0 Å². The Balaban J connectivity index is 1.64. The van der Waals surface area contributed by atoms with Crippen molar-refractivity contribution in [3.63, 3.8) is 0 Å². The van der Waals surface area contributed by atoms with Crippen LogP contribution in [0.2, 0.25) is 0 Å². The van der Waals surface area contributed by atoms with Crippen LogP contribution in [0.25, 0.3) is 32.7 Å². The predicted octanol–water partition coefficient (Wildman–Crippen LogP) is 8.24. The maximum Gasteiger partial charge on any atom is 0.0197 e. The lowest BCUT2D eigenvalue weighted by molar-refractivity contribution is 0.709. The van der Waals surface area contributed by atoms with Crippen LogP contribution in [0.5, 0.6) is 0 Å². The molecule has 0 unspecified atom stereocenters. The minimum atomic E-state index is -0.386. The maximum absolute atomic E-state index is 6.69. The van der Waals surface area contributed by atoms with Gasteiger partial charge in [-0.05, 0) is 68.6 Å². The Morgan fingerprint density at radius 3 is 1.61 bits per heavy atom. The molecular formula is C31H28NP. The Kier molecular flexibility index (Phi) is 5.25. The van der Waals surface area contributed by atoms with Gasteiger partial charge in [-0.2, -0.15) is 0 Å². The zero-order valence-electron chi connectivity index (χ0n) is 18.9. The average Bonchev–Trinajstić information content (AvgIpc) is 3.01. The molecule has 2 heteroatoms. The summed E-state index contributed by atoms with van der Waals surface area (Å²) in [6.45, 7) is 2.19. The van der Waals surface area contributed by atoms with E-state index in [4.69, 9.17) is 5.73 Å². The molecule has 162 valence electrons. The molecule has 2 atom stereocenters. The Labute approximate surface area is 197 Å². The fourth-order valence-corrected chi connectivity index (χ4v) is 8.84. The van der Waals surface area contributed by atoms with Crippen LogP contribution >= 0.6 is 7.92 Å². The predicted molar refractivity (Wildman–Crippen MR) is 144 cm³/mol. The van der Waals surface area contributed by atoms with Gasteiger partial charge in [0.25, 0.3) is 0 Å². The monoisotopic (exact) mass is 445 g/mol. The highest BCUT2D eigenvalue weighted by Crippen LogP contribution is 2.61. The highest BCUT2D eigenvalue weighted by atomic mass is 31.1. The molecule has 33 heavy (non-hydrogen) atoms. The SMILES string of the molecule is C[C@@H](N)[C@@H](c1ccccc1)P1Cc2ccc3ccccc3c2-c2c(ccc3ccccc23)C1. The van der Waals surface area contributed by atoms with Gasteiger partial charge in [0, 0.05) is 11.7 Å². The van der Waals surface area contributed by atoms with E-state index in [0.717, 1.165) is 12.3 Å². The largest absolute Gasteiger partial charge is 0.327 e. The summed E-state index contributed by atoms with van der Waals surface area (Å²) in [6.07, 6.45) is 2.19. The lowest BCUT2D eigenvalue weighted by Gasteiger charge is -2.31. The van der Waals surface area contributed by atoms with Gasteiger partial charge in [-0.1, -0.05) is 111 Å². The molecule has 6 rings (SSSR count). The molecule has 1 heterocycles. The molecule has 5 aromatic carbocycles. The van der Waals surface area contributed by atoms with Crippen molar-refractivity contribution in [3.8, 4) is 11.1 Å². The molecular weight excluding hydrogens is 417 g/mol. The van der Waals surface area contributed by atoms with Crippen LogP contribution in [0.4, 0.5) is 0 Å². The second kappa shape index (κ2) is 8.41. The van der Waals surface area contributed by atoms with E-state index in [1.165, 1.54) is 49.4 Å². The third-order valence-corrected chi connectivity index (χ3v) is 10.1. The van der Waals surface area contributed by atoms with Crippen molar-refractivity contribution in [1.29, 1.82) is 0 Å². The standard InChI is InChI=1S/C31H28NP/c1-21(32)31(24-11-3-2-4-12-24)33-19-25-17-15-22-9-5-7-13-27(22)29(25)30-26(20-33)18-16-23-10-6-8-14-28(23)30/h2-18,21,31H,19-20,32H2,1H3/t21-,31+/m1/s1. The molecule has 0 spiro atoms. The van der Waals surface area contributed by atoms with E-state index in [1.54, 1.807) is 0 Å². The lowest BCUT2D eigenvalue weighted by Crippen LogP contribution is -2.24. The van der Waals surface area contributed by atoms with E-state index >= 15 is 0 Å². The average molecular weight is 446 g/mol. The van der Waals surface area contributed by atoms with Crippen molar-refractivity contribution in [3.05, 3.63) is 120 Å². The van der Waals surface area contributed by atoms with Crippen LogP contribution in [-0.4, -0.2) is 6.04 Å². The minimum absolute atomic E-state index is 0.115. The van der Waals surface area contributed by atoms with E-state index in [0.29, 0.717) is 5.66 Å². The summed E-state index contributed by atoms with van der Waals surface area (Å²) in [4.78, 5) is 0. The van der Waals surface area contributed by atoms with Crippen molar-refractivity contribution < 1.29 is 0 Å². The maximum atomic E-state index is 6.69. The molecule has 2 N–H and O–H groups in total. The number of benzene rings is 5. The van der Waals surface area contributed by atoms with Crippen LogP contribution in [0.3, 0.4) is 0 Å². The molecule has 1 nitrogen and oxygen atoms in total. The molecule has 0 aliphatic carbocycles. The van der Waals surface area contributed by atoms with Gasteiger partial charge in [-0.25, -0.2) is 0 Å². The third-order valence-electron chi connectivity index (χ3n) is 7.06.